The fraction of sp³-hybridized carbons (Fsp3) is 0.188. The molecule has 2 rings (SSSR count). The SMILES string of the molecule is O=C(c1ccccc1)[C@@H](CBr)[C@@H](Br)c1ccccc1. The van der Waals surface area contributed by atoms with Crippen LogP contribution in [0.3, 0.4) is 0 Å². The molecule has 0 heterocycles. The predicted molar refractivity (Wildman–Crippen MR) is 86.2 cm³/mol. The first-order chi connectivity index (χ1) is 9.24. The quantitative estimate of drug-likeness (QED) is 0.525. The molecule has 0 aliphatic carbocycles. The van der Waals surface area contributed by atoms with E-state index in [9.17, 15) is 4.79 Å². The smallest absolute Gasteiger partial charge is 0.168 e. The van der Waals surface area contributed by atoms with E-state index in [-0.39, 0.29) is 16.5 Å². The molecule has 0 aromatic heterocycles. The maximum atomic E-state index is 12.5. The molecule has 0 bridgehead atoms. The number of Topliss-reactive ketones (excluding diaryl/α,β-unsaturated/α-hetero) is 1. The van der Waals surface area contributed by atoms with Crippen LogP contribution in [0.15, 0.2) is 60.7 Å². The van der Waals surface area contributed by atoms with Crippen LogP contribution in [-0.4, -0.2) is 11.1 Å². The Bertz CT molecular complexity index is 525. The highest BCUT2D eigenvalue weighted by molar-refractivity contribution is 9.09. The Hall–Kier alpha value is -0.930. The normalized spacial score (nSPS) is 13.8. The zero-order chi connectivity index (χ0) is 13.7. The van der Waals surface area contributed by atoms with Crippen molar-refractivity contribution in [1.82, 2.24) is 0 Å². The molecule has 2 aromatic rings. The summed E-state index contributed by atoms with van der Waals surface area (Å²) in [5.74, 6) is 0.0352. The summed E-state index contributed by atoms with van der Waals surface area (Å²) < 4.78 is 0. The van der Waals surface area contributed by atoms with E-state index < -0.39 is 0 Å². The van der Waals surface area contributed by atoms with Crippen molar-refractivity contribution in [2.24, 2.45) is 5.92 Å². The molecular formula is C16H14Br2O. The molecule has 19 heavy (non-hydrogen) atoms. The Morgan fingerprint density at radius 2 is 1.47 bits per heavy atom. The molecule has 1 nitrogen and oxygen atoms in total. The van der Waals surface area contributed by atoms with Crippen LogP contribution in [0.1, 0.15) is 20.7 Å². The van der Waals surface area contributed by atoms with Crippen molar-refractivity contribution in [1.29, 1.82) is 0 Å². The lowest BCUT2D eigenvalue weighted by Gasteiger charge is -2.19. The minimum absolute atomic E-state index is 0.0146. The topological polar surface area (TPSA) is 17.1 Å². The number of benzene rings is 2. The van der Waals surface area contributed by atoms with Gasteiger partial charge >= 0.3 is 0 Å². The Balaban J connectivity index is 2.23. The number of alkyl halides is 2. The summed E-state index contributed by atoms with van der Waals surface area (Å²) >= 11 is 7.12. The van der Waals surface area contributed by atoms with Crippen molar-refractivity contribution >= 4 is 37.6 Å². The van der Waals surface area contributed by atoms with Crippen molar-refractivity contribution in [2.75, 3.05) is 5.33 Å². The summed E-state index contributed by atoms with van der Waals surface area (Å²) in [4.78, 5) is 12.5. The summed E-state index contributed by atoms with van der Waals surface area (Å²) in [7, 11) is 0. The molecule has 98 valence electrons. The van der Waals surface area contributed by atoms with E-state index in [2.05, 4.69) is 31.9 Å². The summed E-state index contributed by atoms with van der Waals surface area (Å²) in [6.07, 6.45) is 0. The standard InChI is InChI=1S/C16H14Br2O/c17-11-14(15(18)12-7-3-1-4-8-12)16(19)13-9-5-2-6-10-13/h1-10,14-15H,11H2/t14-,15-/m0/s1. The van der Waals surface area contributed by atoms with Gasteiger partial charge in [0.1, 0.15) is 0 Å². The van der Waals surface area contributed by atoms with E-state index >= 15 is 0 Å². The highest BCUT2D eigenvalue weighted by Gasteiger charge is 2.27. The van der Waals surface area contributed by atoms with Crippen molar-refractivity contribution in [3.63, 3.8) is 0 Å². The first kappa shape index (κ1) is 14.5. The molecule has 0 aliphatic heterocycles. The van der Waals surface area contributed by atoms with Gasteiger partial charge in [-0.05, 0) is 5.56 Å². The monoisotopic (exact) mass is 380 g/mol. The van der Waals surface area contributed by atoms with Crippen LogP contribution in [0.5, 0.6) is 0 Å². The maximum absolute atomic E-state index is 12.5. The lowest BCUT2D eigenvalue weighted by molar-refractivity contribution is 0.0932. The largest absolute Gasteiger partial charge is 0.294 e. The van der Waals surface area contributed by atoms with Gasteiger partial charge in [0.25, 0.3) is 0 Å². The first-order valence-corrected chi connectivity index (χ1v) is 8.12. The number of halogens is 2. The highest BCUT2D eigenvalue weighted by atomic mass is 79.9. The molecule has 0 unspecified atom stereocenters. The van der Waals surface area contributed by atoms with Gasteiger partial charge in [-0.3, -0.25) is 4.79 Å². The van der Waals surface area contributed by atoms with Crippen LogP contribution >= 0.6 is 31.9 Å². The molecule has 0 saturated carbocycles. The molecule has 0 N–H and O–H groups in total. The predicted octanol–water partition coefficient (Wildman–Crippen LogP) is 5.02. The highest BCUT2D eigenvalue weighted by Crippen LogP contribution is 2.34. The second kappa shape index (κ2) is 7.01. The second-order valence-corrected chi connectivity index (χ2v) is 5.94. The first-order valence-electron chi connectivity index (χ1n) is 6.08. The molecule has 2 atom stereocenters. The van der Waals surface area contributed by atoms with E-state index in [1.54, 1.807) is 0 Å². The van der Waals surface area contributed by atoms with Crippen molar-refractivity contribution in [3.8, 4) is 0 Å². The van der Waals surface area contributed by atoms with E-state index in [1.807, 2.05) is 60.7 Å². The minimum Gasteiger partial charge on any atom is -0.294 e. The molecule has 0 saturated heterocycles. The van der Waals surface area contributed by atoms with Crippen LogP contribution in [-0.2, 0) is 0 Å². The molecule has 0 fully saturated rings. The number of carbonyl (C=O) groups is 1. The van der Waals surface area contributed by atoms with Crippen LogP contribution in [0.2, 0.25) is 0 Å². The maximum Gasteiger partial charge on any atom is 0.168 e. The van der Waals surface area contributed by atoms with Crippen molar-refractivity contribution in [3.05, 3.63) is 71.8 Å². The number of ketones is 1. The Morgan fingerprint density at radius 1 is 0.947 bits per heavy atom. The van der Waals surface area contributed by atoms with E-state index in [4.69, 9.17) is 0 Å². The van der Waals surface area contributed by atoms with Gasteiger partial charge in [-0.25, -0.2) is 0 Å². The second-order valence-electron chi connectivity index (χ2n) is 4.30. The summed E-state index contributed by atoms with van der Waals surface area (Å²) in [6, 6.07) is 19.5. The average Bonchev–Trinajstić information content (AvgIpc) is 2.49. The zero-order valence-electron chi connectivity index (χ0n) is 10.3. The van der Waals surface area contributed by atoms with Crippen molar-refractivity contribution in [2.45, 2.75) is 4.83 Å². The number of rotatable bonds is 5. The summed E-state index contributed by atoms with van der Waals surface area (Å²) in [5.41, 5.74) is 1.88. The van der Waals surface area contributed by atoms with Gasteiger partial charge in [-0.15, -0.1) is 0 Å². The van der Waals surface area contributed by atoms with Gasteiger partial charge in [-0.2, -0.15) is 0 Å². The van der Waals surface area contributed by atoms with Gasteiger partial charge in [0.15, 0.2) is 5.78 Å². The third-order valence-corrected chi connectivity index (χ3v) is 4.90. The Labute approximate surface area is 130 Å². The average molecular weight is 382 g/mol. The van der Waals surface area contributed by atoms with Crippen LogP contribution < -0.4 is 0 Å². The number of carbonyl (C=O) groups excluding carboxylic acids is 1. The fourth-order valence-corrected chi connectivity index (χ4v) is 3.87. The van der Waals surface area contributed by atoms with Gasteiger partial charge < -0.3 is 0 Å². The molecule has 0 amide bonds. The van der Waals surface area contributed by atoms with Crippen molar-refractivity contribution < 1.29 is 4.79 Å². The van der Waals surface area contributed by atoms with Crippen LogP contribution in [0, 0.1) is 5.92 Å². The Morgan fingerprint density at radius 3 is 2.00 bits per heavy atom. The van der Waals surface area contributed by atoms with E-state index in [0.717, 1.165) is 11.1 Å². The molecule has 3 heteroatoms. The van der Waals surface area contributed by atoms with Crippen LogP contribution in [0.25, 0.3) is 0 Å². The zero-order valence-corrected chi connectivity index (χ0v) is 13.5. The van der Waals surface area contributed by atoms with E-state index in [0.29, 0.717) is 5.33 Å². The Kier molecular flexibility index (Phi) is 5.34. The molecule has 2 aromatic carbocycles. The lowest BCUT2D eigenvalue weighted by Crippen LogP contribution is -2.21. The van der Waals surface area contributed by atoms with Crippen LogP contribution in [0.4, 0.5) is 0 Å². The third kappa shape index (κ3) is 3.54. The number of hydrogen-bond donors (Lipinski definition) is 0. The van der Waals surface area contributed by atoms with Gasteiger partial charge in [0.2, 0.25) is 0 Å². The van der Waals surface area contributed by atoms with Gasteiger partial charge in [-0.1, -0.05) is 92.5 Å². The van der Waals surface area contributed by atoms with Gasteiger partial charge in [0.05, 0.1) is 4.83 Å². The van der Waals surface area contributed by atoms with Gasteiger partial charge in [0, 0.05) is 16.8 Å². The summed E-state index contributed by atoms with van der Waals surface area (Å²) in [5, 5.41) is 0.630. The third-order valence-electron chi connectivity index (χ3n) is 3.03. The molecular weight excluding hydrogens is 368 g/mol. The molecule has 0 aliphatic rings. The number of hydrogen-bond acceptors (Lipinski definition) is 1. The molecule has 0 radical (unpaired) electrons. The lowest BCUT2D eigenvalue weighted by atomic mass is 9.93. The summed E-state index contributed by atoms with van der Waals surface area (Å²) in [6.45, 7) is 0. The fourth-order valence-electron chi connectivity index (χ4n) is 1.97. The molecule has 0 spiro atoms. The van der Waals surface area contributed by atoms with E-state index in [1.165, 1.54) is 0 Å². The minimum atomic E-state index is -0.121.